The summed E-state index contributed by atoms with van der Waals surface area (Å²) >= 11 is 0. The Kier molecular flexibility index (Phi) is 8.21. The van der Waals surface area contributed by atoms with Crippen molar-refractivity contribution in [2.75, 3.05) is 19.7 Å². The van der Waals surface area contributed by atoms with Gasteiger partial charge < -0.3 is 9.64 Å². The maximum atomic E-state index is 11.4. The number of nitrogens with zero attached hydrogens (tertiary/aromatic N) is 1. The molecule has 0 aliphatic heterocycles. The molecule has 0 aromatic carbocycles. The zero-order valence-corrected chi connectivity index (χ0v) is 10.2. The van der Waals surface area contributed by atoms with E-state index in [1.165, 1.54) is 6.08 Å². The van der Waals surface area contributed by atoms with Crippen LogP contribution in [-0.2, 0) is 14.3 Å². The van der Waals surface area contributed by atoms with Gasteiger partial charge in [-0.25, -0.2) is 0 Å². The van der Waals surface area contributed by atoms with Crippen molar-refractivity contribution >= 4 is 11.9 Å². The molecule has 0 aromatic heterocycles. The molecular formula is C12H21NO3. The average molecular weight is 227 g/mol. The van der Waals surface area contributed by atoms with E-state index in [-0.39, 0.29) is 18.5 Å². The van der Waals surface area contributed by atoms with Crippen molar-refractivity contribution in [2.24, 2.45) is 0 Å². The lowest BCUT2D eigenvalue weighted by molar-refractivity contribution is -0.144. The molecule has 0 atom stereocenters. The van der Waals surface area contributed by atoms with Crippen LogP contribution in [0.3, 0.4) is 0 Å². The zero-order chi connectivity index (χ0) is 12.4. The van der Waals surface area contributed by atoms with Gasteiger partial charge in [-0.15, -0.1) is 0 Å². The molecule has 0 saturated carbocycles. The van der Waals surface area contributed by atoms with Gasteiger partial charge in [-0.1, -0.05) is 26.8 Å². The number of ether oxygens (including phenoxy) is 1. The number of amides is 1. The van der Waals surface area contributed by atoms with Crippen molar-refractivity contribution < 1.29 is 14.3 Å². The minimum atomic E-state index is -0.235. The molecule has 0 spiro atoms. The first-order chi connectivity index (χ1) is 7.65. The van der Waals surface area contributed by atoms with Crippen molar-refractivity contribution in [1.29, 1.82) is 0 Å². The molecule has 4 nitrogen and oxygen atoms in total. The molecule has 0 aliphatic carbocycles. The second-order valence-electron chi connectivity index (χ2n) is 3.46. The minimum Gasteiger partial charge on any atom is -0.464 e. The van der Waals surface area contributed by atoms with Crippen LogP contribution < -0.4 is 0 Å². The largest absolute Gasteiger partial charge is 0.464 e. The van der Waals surface area contributed by atoms with E-state index in [1.54, 1.807) is 11.8 Å². The van der Waals surface area contributed by atoms with Crippen molar-refractivity contribution in [3.05, 3.63) is 12.7 Å². The summed E-state index contributed by atoms with van der Waals surface area (Å²) < 4.78 is 4.93. The summed E-state index contributed by atoms with van der Waals surface area (Å²) in [5.74, 6) is -0.345. The van der Waals surface area contributed by atoms with Gasteiger partial charge in [0.1, 0.15) is 6.61 Å². The molecule has 0 radical (unpaired) electrons. The van der Waals surface area contributed by atoms with E-state index < -0.39 is 0 Å². The monoisotopic (exact) mass is 227 g/mol. The molecule has 0 fully saturated rings. The third-order valence-electron chi connectivity index (χ3n) is 2.18. The van der Waals surface area contributed by atoms with Gasteiger partial charge >= 0.3 is 5.97 Å². The van der Waals surface area contributed by atoms with Gasteiger partial charge in [-0.2, -0.15) is 0 Å². The van der Waals surface area contributed by atoms with Crippen molar-refractivity contribution in [3.8, 4) is 0 Å². The zero-order valence-electron chi connectivity index (χ0n) is 10.2. The van der Waals surface area contributed by atoms with Crippen molar-refractivity contribution in [3.63, 3.8) is 0 Å². The van der Waals surface area contributed by atoms with Crippen molar-refractivity contribution in [1.82, 2.24) is 4.90 Å². The fourth-order valence-corrected chi connectivity index (χ4v) is 1.18. The second kappa shape index (κ2) is 8.95. The smallest absolute Gasteiger partial charge is 0.305 e. The van der Waals surface area contributed by atoms with Crippen LogP contribution in [0, 0.1) is 0 Å². The topological polar surface area (TPSA) is 46.6 Å². The Labute approximate surface area is 97.3 Å². The van der Waals surface area contributed by atoms with Crippen LogP contribution in [0.1, 0.15) is 33.1 Å². The van der Waals surface area contributed by atoms with E-state index >= 15 is 0 Å². The standard InChI is InChI=1S/C12H21NO3/c1-4-7-8-13(11(14)5-2)9-10-16-12(15)6-3/h5H,2,4,6-10H2,1,3H3. The van der Waals surface area contributed by atoms with Gasteiger partial charge in [0.2, 0.25) is 5.91 Å². The summed E-state index contributed by atoms with van der Waals surface area (Å²) in [4.78, 5) is 24.0. The van der Waals surface area contributed by atoms with Gasteiger partial charge in [-0.05, 0) is 12.5 Å². The summed E-state index contributed by atoms with van der Waals surface area (Å²) in [6.07, 6.45) is 3.62. The average Bonchev–Trinajstić information content (AvgIpc) is 2.32. The summed E-state index contributed by atoms with van der Waals surface area (Å²) in [7, 11) is 0. The molecule has 4 heteroatoms. The normalized spacial score (nSPS) is 9.62. The second-order valence-corrected chi connectivity index (χ2v) is 3.46. The highest BCUT2D eigenvalue weighted by Crippen LogP contribution is 1.97. The number of carbonyl (C=O) groups excluding carboxylic acids is 2. The third-order valence-corrected chi connectivity index (χ3v) is 2.18. The summed E-state index contributed by atoms with van der Waals surface area (Å²) in [6, 6.07) is 0. The van der Waals surface area contributed by atoms with E-state index in [4.69, 9.17) is 4.74 Å². The molecule has 0 saturated heterocycles. The van der Waals surface area contributed by atoms with Crippen LogP contribution in [0.2, 0.25) is 0 Å². The Morgan fingerprint density at radius 2 is 2.00 bits per heavy atom. The number of esters is 1. The molecule has 0 heterocycles. The highest BCUT2D eigenvalue weighted by atomic mass is 16.5. The van der Waals surface area contributed by atoms with Gasteiger partial charge in [0, 0.05) is 13.0 Å². The Hall–Kier alpha value is -1.32. The first-order valence-electron chi connectivity index (χ1n) is 5.72. The lowest BCUT2D eigenvalue weighted by Gasteiger charge is -2.20. The molecule has 0 bridgehead atoms. The number of rotatable bonds is 8. The van der Waals surface area contributed by atoms with Crippen LogP contribution >= 0.6 is 0 Å². The molecule has 0 aliphatic rings. The van der Waals surface area contributed by atoms with Gasteiger partial charge in [0.25, 0.3) is 0 Å². The quantitative estimate of drug-likeness (QED) is 0.469. The Morgan fingerprint density at radius 3 is 2.50 bits per heavy atom. The SMILES string of the molecule is C=CC(=O)N(CCCC)CCOC(=O)CC. The van der Waals surface area contributed by atoms with Crippen LogP contribution in [0.15, 0.2) is 12.7 Å². The van der Waals surface area contributed by atoms with Gasteiger partial charge in [0.05, 0.1) is 6.54 Å². The van der Waals surface area contributed by atoms with Crippen LogP contribution in [0.25, 0.3) is 0 Å². The Balaban J connectivity index is 3.96. The molecule has 0 N–H and O–H groups in total. The molecule has 0 unspecified atom stereocenters. The Bertz CT molecular complexity index is 238. The first-order valence-corrected chi connectivity index (χ1v) is 5.72. The fraction of sp³-hybridized carbons (Fsp3) is 0.667. The highest BCUT2D eigenvalue weighted by molar-refractivity contribution is 5.87. The predicted molar refractivity (Wildman–Crippen MR) is 62.9 cm³/mol. The first kappa shape index (κ1) is 14.7. The lowest BCUT2D eigenvalue weighted by Crippen LogP contribution is -2.34. The van der Waals surface area contributed by atoms with Crippen LogP contribution in [0.5, 0.6) is 0 Å². The van der Waals surface area contributed by atoms with E-state index in [0.29, 0.717) is 19.5 Å². The summed E-state index contributed by atoms with van der Waals surface area (Å²) in [5.41, 5.74) is 0. The van der Waals surface area contributed by atoms with E-state index in [2.05, 4.69) is 13.5 Å². The number of unbranched alkanes of at least 4 members (excludes halogenated alkanes) is 1. The maximum absolute atomic E-state index is 11.4. The maximum Gasteiger partial charge on any atom is 0.305 e. The van der Waals surface area contributed by atoms with Gasteiger partial charge in [-0.3, -0.25) is 9.59 Å². The van der Waals surface area contributed by atoms with Crippen molar-refractivity contribution in [2.45, 2.75) is 33.1 Å². The molecule has 0 aromatic rings. The molecule has 0 rings (SSSR count). The number of carbonyl (C=O) groups is 2. The van der Waals surface area contributed by atoms with E-state index in [9.17, 15) is 9.59 Å². The van der Waals surface area contributed by atoms with Crippen LogP contribution in [-0.4, -0.2) is 36.5 Å². The minimum absolute atomic E-state index is 0.110. The van der Waals surface area contributed by atoms with E-state index in [0.717, 1.165) is 12.8 Å². The number of hydrogen-bond donors (Lipinski definition) is 0. The van der Waals surface area contributed by atoms with E-state index in [1.807, 2.05) is 0 Å². The predicted octanol–water partition coefficient (Wildman–Crippen LogP) is 1.75. The number of hydrogen-bond acceptors (Lipinski definition) is 3. The van der Waals surface area contributed by atoms with Gasteiger partial charge in [0.15, 0.2) is 0 Å². The molecular weight excluding hydrogens is 206 g/mol. The third kappa shape index (κ3) is 6.22. The highest BCUT2D eigenvalue weighted by Gasteiger charge is 2.09. The molecule has 1 amide bonds. The molecule has 16 heavy (non-hydrogen) atoms. The van der Waals surface area contributed by atoms with Crippen LogP contribution in [0.4, 0.5) is 0 Å². The summed E-state index contributed by atoms with van der Waals surface area (Å²) in [6.45, 7) is 8.64. The lowest BCUT2D eigenvalue weighted by atomic mass is 10.3. The fourth-order valence-electron chi connectivity index (χ4n) is 1.18. The molecule has 92 valence electrons. The Morgan fingerprint density at radius 1 is 1.31 bits per heavy atom. The summed E-state index contributed by atoms with van der Waals surface area (Å²) in [5, 5.41) is 0.